The van der Waals surface area contributed by atoms with E-state index in [9.17, 15) is 0 Å². The maximum atomic E-state index is 3.67. The van der Waals surface area contributed by atoms with Gasteiger partial charge in [0.15, 0.2) is 0 Å². The average Bonchev–Trinajstić information content (AvgIpc) is 2.92. The Balaban J connectivity index is 2.16. The van der Waals surface area contributed by atoms with Crippen LogP contribution in [0.5, 0.6) is 0 Å². The molecule has 96 valence electrons. The van der Waals surface area contributed by atoms with Crippen LogP contribution in [0.3, 0.4) is 0 Å². The molecule has 1 aromatic heterocycles. The van der Waals surface area contributed by atoms with Gasteiger partial charge in [0, 0.05) is 20.1 Å². The van der Waals surface area contributed by atoms with E-state index in [4.69, 9.17) is 0 Å². The van der Waals surface area contributed by atoms with Crippen LogP contribution in [-0.4, -0.2) is 0 Å². The van der Waals surface area contributed by atoms with Gasteiger partial charge in [-0.05, 0) is 33.8 Å². The summed E-state index contributed by atoms with van der Waals surface area (Å²) in [5.74, 6) is 0. The lowest BCUT2D eigenvalue weighted by Crippen LogP contribution is -1.79. The number of halogens is 1. The minimum Gasteiger partial charge on any atom is -0.143 e. The number of hydrogen-bond donors (Lipinski definition) is 0. The fourth-order valence-corrected chi connectivity index (χ4v) is 4.16. The van der Waals surface area contributed by atoms with Crippen molar-refractivity contribution in [2.45, 2.75) is 0 Å². The molecule has 1 heterocycles. The molecule has 0 unspecified atom stereocenters. The lowest BCUT2D eigenvalue weighted by molar-refractivity contribution is 1.64. The first-order valence-corrected chi connectivity index (χ1v) is 8.16. The van der Waals surface area contributed by atoms with E-state index in [-0.39, 0.29) is 0 Å². The van der Waals surface area contributed by atoms with Crippen LogP contribution in [-0.2, 0) is 0 Å². The predicted molar refractivity (Wildman–Crippen MR) is 92.5 cm³/mol. The third-order valence-corrected chi connectivity index (χ3v) is 5.27. The Morgan fingerprint density at radius 2 is 1.55 bits per heavy atom. The predicted octanol–water partition coefficient (Wildman–Crippen LogP) is 6.48. The van der Waals surface area contributed by atoms with E-state index in [1.807, 2.05) is 11.3 Å². The summed E-state index contributed by atoms with van der Waals surface area (Å²) < 4.78 is 2.49. The van der Waals surface area contributed by atoms with E-state index in [0.29, 0.717) is 0 Å². The zero-order chi connectivity index (χ0) is 13.5. The highest BCUT2D eigenvalue weighted by molar-refractivity contribution is 9.10. The van der Waals surface area contributed by atoms with E-state index >= 15 is 0 Å². The smallest absolute Gasteiger partial charge is 0.0355 e. The molecule has 0 saturated carbocycles. The van der Waals surface area contributed by atoms with Crippen LogP contribution in [0.1, 0.15) is 0 Å². The summed E-state index contributed by atoms with van der Waals surface area (Å²) in [6.07, 6.45) is 0. The molecule has 0 amide bonds. The lowest BCUT2D eigenvalue weighted by atomic mass is 10.00. The minimum absolute atomic E-state index is 1.15. The molecule has 4 rings (SSSR count). The first-order chi connectivity index (χ1) is 9.84. The Bertz CT molecular complexity index is 921. The van der Waals surface area contributed by atoms with Gasteiger partial charge in [-0.3, -0.25) is 0 Å². The zero-order valence-corrected chi connectivity index (χ0v) is 13.0. The summed E-state index contributed by atoms with van der Waals surface area (Å²) in [7, 11) is 0. The molecule has 0 radical (unpaired) electrons. The van der Waals surface area contributed by atoms with Crippen LogP contribution in [0.25, 0.3) is 32.0 Å². The van der Waals surface area contributed by atoms with Gasteiger partial charge in [-0.1, -0.05) is 64.5 Å². The molecule has 0 saturated heterocycles. The minimum atomic E-state index is 1.15. The second-order valence-electron chi connectivity index (χ2n) is 4.79. The number of fused-ring (bicyclic) bond motifs is 3. The quantitative estimate of drug-likeness (QED) is 0.372. The molecule has 0 aliphatic heterocycles. The van der Waals surface area contributed by atoms with Crippen LogP contribution in [0.2, 0.25) is 0 Å². The standard InChI is InChI=1S/C18H11BrS/c19-16-8-4-3-7-14(16)15-11-20-17-10-9-12-5-1-2-6-13(12)18(15)17/h1-11H. The van der Waals surface area contributed by atoms with E-state index in [1.54, 1.807) is 0 Å². The van der Waals surface area contributed by atoms with Crippen LogP contribution in [0, 0.1) is 0 Å². The molecule has 0 aliphatic carbocycles. The van der Waals surface area contributed by atoms with Crippen LogP contribution < -0.4 is 0 Å². The molecule has 2 heteroatoms. The van der Waals surface area contributed by atoms with Crippen molar-refractivity contribution in [2.75, 3.05) is 0 Å². The topological polar surface area (TPSA) is 0 Å². The van der Waals surface area contributed by atoms with Gasteiger partial charge in [-0.2, -0.15) is 0 Å². The molecule has 0 fully saturated rings. The Kier molecular flexibility index (Phi) is 2.86. The van der Waals surface area contributed by atoms with Gasteiger partial charge in [0.2, 0.25) is 0 Å². The van der Waals surface area contributed by atoms with E-state index in [0.717, 1.165) is 4.47 Å². The van der Waals surface area contributed by atoms with Crippen LogP contribution in [0.4, 0.5) is 0 Å². The Labute approximate surface area is 129 Å². The highest BCUT2D eigenvalue weighted by Gasteiger charge is 2.11. The fraction of sp³-hybridized carbons (Fsp3) is 0. The normalized spacial score (nSPS) is 11.2. The second kappa shape index (κ2) is 4.72. The summed E-state index contributed by atoms with van der Waals surface area (Å²) in [6, 6.07) is 21.5. The monoisotopic (exact) mass is 338 g/mol. The van der Waals surface area contributed by atoms with Crippen LogP contribution in [0.15, 0.2) is 70.5 Å². The molecule has 0 aliphatic rings. The van der Waals surface area contributed by atoms with Crippen molar-refractivity contribution >= 4 is 48.1 Å². The molecular weight excluding hydrogens is 328 g/mol. The molecule has 0 bridgehead atoms. The lowest BCUT2D eigenvalue weighted by Gasteiger charge is -2.06. The van der Waals surface area contributed by atoms with Crippen molar-refractivity contribution in [3.63, 3.8) is 0 Å². The molecule has 4 aromatic rings. The van der Waals surface area contributed by atoms with Gasteiger partial charge in [-0.15, -0.1) is 11.3 Å². The van der Waals surface area contributed by atoms with Gasteiger partial charge in [0.1, 0.15) is 0 Å². The number of hydrogen-bond acceptors (Lipinski definition) is 1. The highest BCUT2D eigenvalue weighted by atomic mass is 79.9. The van der Waals surface area contributed by atoms with E-state index < -0.39 is 0 Å². The molecule has 20 heavy (non-hydrogen) atoms. The van der Waals surface area contributed by atoms with E-state index in [1.165, 1.54) is 32.0 Å². The van der Waals surface area contributed by atoms with Crippen molar-refractivity contribution in [2.24, 2.45) is 0 Å². The SMILES string of the molecule is Brc1ccccc1-c1csc2ccc3ccccc3c12. The van der Waals surface area contributed by atoms with Gasteiger partial charge >= 0.3 is 0 Å². The summed E-state index contributed by atoms with van der Waals surface area (Å²) in [6.45, 7) is 0. The summed E-state index contributed by atoms with van der Waals surface area (Å²) in [4.78, 5) is 0. The van der Waals surface area contributed by atoms with E-state index in [2.05, 4.69) is 82.0 Å². The molecule has 0 spiro atoms. The third kappa shape index (κ3) is 1.80. The van der Waals surface area contributed by atoms with Gasteiger partial charge in [0.25, 0.3) is 0 Å². The molecule has 0 nitrogen and oxygen atoms in total. The largest absolute Gasteiger partial charge is 0.143 e. The first-order valence-electron chi connectivity index (χ1n) is 6.48. The third-order valence-electron chi connectivity index (χ3n) is 3.63. The van der Waals surface area contributed by atoms with Crippen molar-refractivity contribution < 1.29 is 0 Å². The summed E-state index contributed by atoms with van der Waals surface area (Å²) in [5.41, 5.74) is 2.57. The van der Waals surface area contributed by atoms with Crippen molar-refractivity contribution in [3.8, 4) is 11.1 Å². The maximum absolute atomic E-state index is 3.67. The second-order valence-corrected chi connectivity index (χ2v) is 6.55. The number of benzene rings is 3. The zero-order valence-electron chi connectivity index (χ0n) is 10.6. The Morgan fingerprint density at radius 3 is 2.45 bits per heavy atom. The van der Waals surface area contributed by atoms with Crippen molar-refractivity contribution in [3.05, 3.63) is 70.5 Å². The maximum Gasteiger partial charge on any atom is 0.0355 e. The van der Waals surface area contributed by atoms with Gasteiger partial charge < -0.3 is 0 Å². The van der Waals surface area contributed by atoms with Gasteiger partial charge in [0.05, 0.1) is 0 Å². The fourth-order valence-electron chi connectivity index (χ4n) is 2.69. The summed E-state index contributed by atoms with van der Waals surface area (Å²) in [5, 5.41) is 6.25. The summed E-state index contributed by atoms with van der Waals surface area (Å²) >= 11 is 5.48. The molecular formula is C18H11BrS. The first kappa shape index (κ1) is 12.1. The van der Waals surface area contributed by atoms with Crippen molar-refractivity contribution in [1.82, 2.24) is 0 Å². The number of thiophene rings is 1. The average molecular weight is 339 g/mol. The number of rotatable bonds is 1. The molecule has 3 aromatic carbocycles. The molecule has 0 N–H and O–H groups in total. The molecule has 0 atom stereocenters. The Hall–Kier alpha value is -1.64. The van der Waals surface area contributed by atoms with Crippen LogP contribution >= 0.6 is 27.3 Å². The van der Waals surface area contributed by atoms with Crippen molar-refractivity contribution in [1.29, 1.82) is 0 Å². The van der Waals surface area contributed by atoms with Gasteiger partial charge in [-0.25, -0.2) is 0 Å². The highest BCUT2D eigenvalue weighted by Crippen LogP contribution is 2.40. The Morgan fingerprint density at radius 1 is 0.750 bits per heavy atom.